The number of nitrogens with zero attached hydrogens (tertiary/aromatic N) is 5. The number of fused-ring (bicyclic) bond motifs is 1. The van der Waals surface area contributed by atoms with Crippen molar-refractivity contribution in [3.63, 3.8) is 0 Å². The average Bonchev–Trinajstić information content (AvgIpc) is 3.66. The van der Waals surface area contributed by atoms with Gasteiger partial charge in [0.25, 0.3) is 5.91 Å². The Bertz CT molecular complexity index is 1550. The van der Waals surface area contributed by atoms with Crippen molar-refractivity contribution in [1.29, 1.82) is 0 Å². The van der Waals surface area contributed by atoms with Crippen molar-refractivity contribution in [3.8, 4) is 10.7 Å². The summed E-state index contributed by atoms with van der Waals surface area (Å²) in [7, 11) is 2.88. The molecule has 1 aromatic carbocycles. The first-order valence-electron chi connectivity index (χ1n) is 12.4. The number of thiol groups is 1. The second kappa shape index (κ2) is 10.9. The van der Waals surface area contributed by atoms with Crippen molar-refractivity contribution in [2.45, 2.75) is 34.0 Å². The number of rotatable bonds is 6. The largest absolute Gasteiger partial charge is 0.362 e. The Hall–Kier alpha value is -2.62. The third-order valence-electron chi connectivity index (χ3n) is 7.29. The number of halogens is 2. The van der Waals surface area contributed by atoms with Crippen molar-refractivity contribution in [2.24, 2.45) is 0 Å². The summed E-state index contributed by atoms with van der Waals surface area (Å²) >= 11 is 19.4. The van der Waals surface area contributed by atoms with Gasteiger partial charge < -0.3 is 24.3 Å². The molecule has 2 saturated heterocycles. The van der Waals surface area contributed by atoms with Crippen LogP contribution in [0.1, 0.15) is 17.4 Å². The number of hydrogen-bond acceptors (Lipinski definition) is 11. The van der Waals surface area contributed by atoms with E-state index in [0.717, 1.165) is 5.56 Å². The standard InChI is InChI=1S/C26H24Cl2N6O5S2/c1-29-22(35)26(36-2)23(40)39-24(28)14-37-20(15-7-4-3-5-8-15)38-21(24)25(26,16-9-6-10-30-11-16)34-12-17(32-33-34)19-31-18(27)13-41-19/h3-13,20-21,23,40H,14H2,1-2H3,(H,29,35)/t20?,21-,23+,24-,25?,26-/m0/s1. The summed E-state index contributed by atoms with van der Waals surface area (Å²) in [4.78, 5) is 22.8. The minimum atomic E-state index is -1.93. The highest BCUT2D eigenvalue weighted by molar-refractivity contribution is 7.80. The van der Waals surface area contributed by atoms with Gasteiger partial charge in [0.05, 0.1) is 12.8 Å². The Labute approximate surface area is 254 Å². The molecule has 0 spiro atoms. The molecule has 15 heteroatoms. The monoisotopic (exact) mass is 634 g/mol. The normalized spacial score (nSPS) is 31.4. The van der Waals surface area contributed by atoms with Crippen LogP contribution in [0.4, 0.5) is 0 Å². The average molecular weight is 636 g/mol. The fraction of sp³-hybridized carbons (Fsp3) is 0.346. The predicted molar refractivity (Wildman–Crippen MR) is 154 cm³/mol. The van der Waals surface area contributed by atoms with Crippen LogP contribution in [-0.2, 0) is 29.3 Å². The number of pyridine rings is 1. The molecule has 5 heterocycles. The van der Waals surface area contributed by atoms with Gasteiger partial charge in [-0.2, -0.15) is 0 Å². The predicted octanol–water partition coefficient (Wildman–Crippen LogP) is 3.66. The molecule has 0 saturated carbocycles. The Morgan fingerprint density at radius 2 is 2.07 bits per heavy atom. The number of carbonyl (C=O) groups is 1. The van der Waals surface area contributed by atoms with E-state index < -0.39 is 39.9 Å². The SMILES string of the molecule is CNC(=O)[C@]1(OC)[C@@H](S)O[C@@]2(Cl)COC(c3ccccc3)O[C@@H]2C1(c1cccnc1)n1cc(-c2nc(Cl)cs2)nn1. The van der Waals surface area contributed by atoms with Gasteiger partial charge in [0.2, 0.25) is 5.60 Å². The van der Waals surface area contributed by atoms with Crippen molar-refractivity contribution in [1.82, 2.24) is 30.3 Å². The number of thiazole rings is 1. The second-order valence-corrected chi connectivity index (χ2v) is 11.7. The quantitative estimate of drug-likeness (QED) is 0.242. The summed E-state index contributed by atoms with van der Waals surface area (Å²) in [6, 6.07) is 12.9. The Balaban J connectivity index is 1.66. The number of ether oxygens (including phenoxy) is 4. The van der Waals surface area contributed by atoms with Crippen LogP contribution in [-0.4, -0.2) is 73.8 Å². The summed E-state index contributed by atoms with van der Waals surface area (Å²) in [6.07, 6.45) is 2.80. The Morgan fingerprint density at radius 3 is 2.73 bits per heavy atom. The van der Waals surface area contributed by atoms with Crippen LogP contribution in [0.25, 0.3) is 10.7 Å². The highest BCUT2D eigenvalue weighted by atomic mass is 35.5. The van der Waals surface area contributed by atoms with E-state index in [1.165, 1.54) is 30.2 Å². The van der Waals surface area contributed by atoms with Gasteiger partial charge in [-0.1, -0.05) is 64.8 Å². The summed E-state index contributed by atoms with van der Waals surface area (Å²) < 4.78 is 26.7. The second-order valence-electron chi connectivity index (χ2n) is 9.38. The molecule has 214 valence electrons. The van der Waals surface area contributed by atoms with E-state index in [2.05, 4.69) is 25.6 Å². The van der Waals surface area contributed by atoms with Gasteiger partial charge >= 0.3 is 0 Å². The first kappa shape index (κ1) is 28.5. The van der Waals surface area contributed by atoms with E-state index in [4.69, 9.17) is 54.8 Å². The van der Waals surface area contributed by atoms with Crippen LogP contribution in [0.2, 0.25) is 5.15 Å². The van der Waals surface area contributed by atoms with E-state index in [1.807, 2.05) is 30.3 Å². The highest BCUT2D eigenvalue weighted by Gasteiger charge is 2.77. The summed E-state index contributed by atoms with van der Waals surface area (Å²) in [5, 5.41) is 12.5. The fourth-order valence-electron chi connectivity index (χ4n) is 5.57. The molecule has 11 nitrogen and oxygen atoms in total. The number of likely N-dealkylation sites (N-methyl/N-ethyl adjacent to an activating group) is 1. The van der Waals surface area contributed by atoms with E-state index in [-0.39, 0.29) is 6.61 Å². The molecular formula is C26H24Cl2N6O5S2. The van der Waals surface area contributed by atoms with Crippen LogP contribution in [0.5, 0.6) is 0 Å². The number of alkyl halides is 1. The van der Waals surface area contributed by atoms with Crippen LogP contribution < -0.4 is 5.32 Å². The lowest BCUT2D eigenvalue weighted by Crippen LogP contribution is -2.82. The molecule has 2 aliphatic rings. The number of carbonyl (C=O) groups excluding carboxylic acids is 1. The fourth-order valence-corrected chi connectivity index (χ4v) is 7.50. The maximum Gasteiger partial charge on any atom is 0.258 e. The lowest BCUT2D eigenvalue weighted by molar-refractivity contribution is -0.351. The van der Waals surface area contributed by atoms with Gasteiger partial charge in [-0.15, -0.1) is 29.1 Å². The third kappa shape index (κ3) is 4.29. The van der Waals surface area contributed by atoms with E-state index in [1.54, 1.807) is 36.1 Å². The number of aromatic nitrogens is 5. The zero-order chi connectivity index (χ0) is 28.8. The molecule has 6 rings (SSSR count). The topological polar surface area (TPSA) is 123 Å². The van der Waals surface area contributed by atoms with E-state index in [0.29, 0.717) is 21.4 Å². The lowest BCUT2D eigenvalue weighted by Gasteiger charge is -2.62. The molecule has 2 unspecified atom stereocenters. The van der Waals surface area contributed by atoms with Crippen LogP contribution in [0.3, 0.4) is 0 Å². The van der Waals surface area contributed by atoms with Gasteiger partial charge in [-0.05, 0) is 6.07 Å². The highest BCUT2D eigenvalue weighted by Crippen LogP contribution is 2.58. The Morgan fingerprint density at radius 1 is 1.27 bits per heavy atom. The molecule has 0 aliphatic carbocycles. The number of nitrogens with one attached hydrogen (secondary N) is 1. The molecule has 0 bridgehead atoms. The van der Waals surface area contributed by atoms with Crippen molar-refractivity contribution in [2.75, 3.05) is 20.8 Å². The molecule has 1 N–H and O–H groups in total. The zero-order valence-electron chi connectivity index (χ0n) is 21.7. The lowest BCUT2D eigenvalue weighted by atomic mass is 9.66. The molecule has 2 fully saturated rings. The maximum absolute atomic E-state index is 14.1. The summed E-state index contributed by atoms with van der Waals surface area (Å²) in [6.45, 7) is -0.116. The van der Waals surface area contributed by atoms with Gasteiger partial charge in [0.1, 0.15) is 27.4 Å². The van der Waals surface area contributed by atoms with E-state index >= 15 is 0 Å². The maximum atomic E-state index is 14.1. The van der Waals surface area contributed by atoms with Crippen molar-refractivity contribution >= 4 is 53.1 Å². The van der Waals surface area contributed by atoms with Gasteiger partial charge in [-0.25, -0.2) is 9.67 Å². The van der Waals surface area contributed by atoms with Crippen molar-refractivity contribution in [3.05, 3.63) is 82.7 Å². The first-order valence-corrected chi connectivity index (χ1v) is 14.5. The van der Waals surface area contributed by atoms with Crippen LogP contribution in [0.15, 0.2) is 66.4 Å². The smallest absolute Gasteiger partial charge is 0.258 e. The number of benzene rings is 1. The van der Waals surface area contributed by atoms with E-state index in [9.17, 15) is 4.79 Å². The summed E-state index contributed by atoms with van der Waals surface area (Å²) in [5.74, 6) is -0.566. The molecule has 0 radical (unpaired) electrons. The number of methoxy groups -OCH3 is 1. The summed E-state index contributed by atoms with van der Waals surface area (Å²) in [5.41, 5.74) is -3.26. The molecule has 1 amide bonds. The van der Waals surface area contributed by atoms with Gasteiger partial charge in [-0.3, -0.25) is 9.78 Å². The molecule has 2 aliphatic heterocycles. The zero-order valence-corrected chi connectivity index (χ0v) is 24.9. The first-order chi connectivity index (χ1) is 19.8. The third-order valence-corrected chi connectivity index (χ3v) is 9.35. The minimum absolute atomic E-state index is 0.116. The van der Waals surface area contributed by atoms with Gasteiger partial charge in [0, 0.05) is 43.1 Å². The number of hydrogen-bond donors (Lipinski definition) is 2. The minimum Gasteiger partial charge on any atom is -0.362 e. The van der Waals surface area contributed by atoms with Crippen LogP contribution >= 0.6 is 47.2 Å². The molecule has 6 atom stereocenters. The van der Waals surface area contributed by atoms with Crippen LogP contribution in [0, 0.1) is 0 Å². The molecule has 3 aromatic heterocycles. The van der Waals surface area contributed by atoms with Crippen molar-refractivity contribution < 1.29 is 23.7 Å². The number of amides is 1. The molecule has 41 heavy (non-hydrogen) atoms. The van der Waals surface area contributed by atoms with Gasteiger partial charge in [0.15, 0.2) is 16.9 Å². The molecule has 4 aromatic rings. The Kier molecular flexibility index (Phi) is 7.57. The molecular weight excluding hydrogens is 611 g/mol.